The molecule has 1 aromatic rings. The molecule has 0 bridgehead atoms. The van der Waals surface area contributed by atoms with E-state index in [2.05, 4.69) is 4.98 Å². The molecule has 1 aliphatic carbocycles. The maximum Gasteiger partial charge on any atom is 0.125 e. The number of hydrogen-bond acceptors (Lipinski definition) is 4. The van der Waals surface area contributed by atoms with E-state index in [0.717, 1.165) is 23.5 Å². The van der Waals surface area contributed by atoms with Gasteiger partial charge in [-0.1, -0.05) is 0 Å². The largest absolute Gasteiger partial charge is 0.372 e. The van der Waals surface area contributed by atoms with Gasteiger partial charge in [0.05, 0.1) is 5.69 Å². The standard InChI is InChI=1S/C11H18N2OS/c1-11(2,14-3)10-13-9-7(12)5-4-6-8(9)15-10/h7H,4-6,12H2,1-3H3. The van der Waals surface area contributed by atoms with Crippen molar-refractivity contribution in [3.63, 3.8) is 0 Å². The van der Waals surface area contributed by atoms with E-state index in [1.54, 1.807) is 18.4 Å². The van der Waals surface area contributed by atoms with Crippen LogP contribution in [0.25, 0.3) is 0 Å². The Balaban J connectivity index is 2.37. The van der Waals surface area contributed by atoms with Crippen molar-refractivity contribution in [3.05, 3.63) is 15.6 Å². The first-order valence-electron chi connectivity index (χ1n) is 5.35. The first-order chi connectivity index (χ1) is 7.04. The molecule has 2 N–H and O–H groups in total. The van der Waals surface area contributed by atoms with Crippen LogP contribution in [0.4, 0.5) is 0 Å². The number of aromatic nitrogens is 1. The highest BCUT2D eigenvalue weighted by Gasteiger charge is 2.29. The maximum atomic E-state index is 6.05. The molecule has 15 heavy (non-hydrogen) atoms. The lowest BCUT2D eigenvalue weighted by molar-refractivity contribution is 0.0189. The van der Waals surface area contributed by atoms with Crippen LogP contribution in [0.1, 0.15) is 48.3 Å². The van der Waals surface area contributed by atoms with E-state index in [1.165, 1.54) is 11.3 Å². The summed E-state index contributed by atoms with van der Waals surface area (Å²) in [6.07, 6.45) is 3.37. The summed E-state index contributed by atoms with van der Waals surface area (Å²) in [5.74, 6) is 0. The summed E-state index contributed by atoms with van der Waals surface area (Å²) >= 11 is 1.75. The van der Waals surface area contributed by atoms with Crippen molar-refractivity contribution < 1.29 is 4.74 Å². The lowest BCUT2D eigenvalue weighted by atomic mass is 9.98. The van der Waals surface area contributed by atoms with E-state index < -0.39 is 0 Å². The summed E-state index contributed by atoms with van der Waals surface area (Å²) in [7, 11) is 1.72. The number of aryl methyl sites for hydroxylation is 1. The Morgan fingerprint density at radius 1 is 1.53 bits per heavy atom. The molecule has 0 saturated carbocycles. The van der Waals surface area contributed by atoms with Gasteiger partial charge in [-0.25, -0.2) is 4.98 Å². The summed E-state index contributed by atoms with van der Waals surface area (Å²) in [6.45, 7) is 4.09. The van der Waals surface area contributed by atoms with Crippen LogP contribution >= 0.6 is 11.3 Å². The van der Waals surface area contributed by atoms with Gasteiger partial charge < -0.3 is 10.5 Å². The Labute approximate surface area is 94.7 Å². The zero-order valence-electron chi connectivity index (χ0n) is 9.54. The molecule has 1 heterocycles. The minimum atomic E-state index is -0.290. The van der Waals surface area contributed by atoms with E-state index in [9.17, 15) is 0 Å². The summed E-state index contributed by atoms with van der Waals surface area (Å²) < 4.78 is 5.44. The predicted octanol–water partition coefficient (Wildman–Crippen LogP) is 2.36. The Morgan fingerprint density at radius 2 is 2.27 bits per heavy atom. The van der Waals surface area contributed by atoms with Gasteiger partial charge in [-0.3, -0.25) is 0 Å². The molecule has 1 atom stereocenters. The van der Waals surface area contributed by atoms with Crippen molar-refractivity contribution in [3.8, 4) is 0 Å². The van der Waals surface area contributed by atoms with Gasteiger partial charge in [0.15, 0.2) is 0 Å². The van der Waals surface area contributed by atoms with Gasteiger partial charge in [-0.2, -0.15) is 0 Å². The fourth-order valence-electron chi connectivity index (χ4n) is 1.80. The summed E-state index contributed by atoms with van der Waals surface area (Å²) in [6, 6.07) is 0.131. The Kier molecular flexibility index (Phi) is 2.83. The van der Waals surface area contributed by atoms with Crippen LogP contribution in [0.5, 0.6) is 0 Å². The molecule has 2 rings (SSSR count). The second-order valence-corrected chi connectivity index (χ2v) is 5.62. The third-order valence-electron chi connectivity index (χ3n) is 3.02. The number of nitrogens with zero attached hydrogens (tertiary/aromatic N) is 1. The van der Waals surface area contributed by atoms with E-state index in [1.807, 2.05) is 13.8 Å². The molecular formula is C11H18N2OS. The fourth-order valence-corrected chi connectivity index (χ4v) is 3.05. The molecule has 0 fully saturated rings. The van der Waals surface area contributed by atoms with Gasteiger partial charge in [-0.15, -0.1) is 11.3 Å². The molecule has 0 spiro atoms. The van der Waals surface area contributed by atoms with Gasteiger partial charge >= 0.3 is 0 Å². The van der Waals surface area contributed by atoms with Gasteiger partial charge in [0.25, 0.3) is 0 Å². The van der Waals surface area contributed by atoms with Crippen molar-refractivity contribution >= 4 is 11.3 Å². The predicted molar refractivity (Wildman–Crippen MR) is 62.0 cm³/mol. The molecule has 84 valence electrons. The van der Waals surface area contributed by atoms with Crippen LogP contribution < -0.4 is 5.73 Å². The highest BCUT2D eigenvalue weighted by Crippen LogP contribution is 2.36. The fraction of sp³-hybridized carbons (Fsp3) is 0.727. The molecule has 0 aliphatic heterocycles. The number of fused-ring (bicyclic) bond motifs is 1. The van der Waals surface area contributed by atoms with Crippen molar-refractivity contribution in [2.75, 3.05) is 7.11 Å². The van der Waals surface area contributed by atoms with Crippen molar-refractivity contribution in [1.82, 2.24) is 4.98 Å². The Bertz CT molecular complexity index is 359. The molecule has 0 saturated heterocycles. The molecule has 1 aliphatic rings. The van der Waals surface area contributed by atoms with Crippen LogP contribution in [-0.2, 0) is 16.8 Å². The third-order valence-corrected chi connectivity index (χ3v) is 4.46. The molecule has 4 heteroatoms. The second kappa shape index (κ2) is 3.85. The summed E-state index contributed by atoms with van der Waals surface area (Å²) in [5, 5.41) is 1.05. The van der Waals surface area contributed by atoms with Gasteiger partial charge in [-0.05, 0) is 33.1 Å². The van der Waals surface area contributed by atoms with Crippen LogP contribution in [0, 0.1) is 0 Å². The minimum Gasteiger partial charge on any atom is -0.372 e. The molecular weight excluding hydrogens is 208 g/mol. The molecule has 1 unspecified atom stereocenters. The average molecular weight is 226 g/mol. The number of nitrogens with two attached hydrogens (primary N) is 1. The van der Waals surface area contributed by atoms with Crippen LogP contribution in [0.2, 0.25) is 0 Å². The normalized spacial score (nSPS) is 21.5. The SMILES string of the molecule is COC(C)(C)c1nc2c(s1)CCCC2N. The number of ether oxygens (including phenoxy) is 1. The first-order valence-corrected chi connectivity index (χ1v) is 6.17. The molecule has 0 radical (unpaired) electrons. The van der Waals surface area contributed by atoms with Crippen molar-refractivity contribution in [1.29, 1.82) is 0 Å². The molecule has 1 aromatic heterocycles. The lowest BCUT2D eigenvalue weighted by Gasteiger charge is -2.19. The quantitative estimate of drug-likeness (QED) is 0.842. The van der Waals surface area contributed by atoms with E-state index in [0.29, 0.717) is 0 Å². The lowest BCUT2D eigenvalue weighted by Crippen LogP contribution is -2.20. The zero-order chi connectivity index (χ0) is 11.1. The smallest absolute Gasteiger partial charge is 0.125 e. The van der Waals surface area contributed by atoms with E-state index in [4.69, 9.17) is 10.5 Å². The zero-order valence-corrected chi connectivity index (χ0v) is 10.4. The number of thiazole rings is 1. The monoisotopic (exact) mass is 226 g/mol. The van der Waals surface area contributed by atoms with Crippen LogP contribution in [0.15, 0.2) is 0 Å². The molecule has 3 nitrogen and oxygen atoms in total. The molecule has 0 amide bonds. The van der Waals surface area contributed by atoms with E-state index in [-0.39, 0.29) is 11.6 Å². The van der Waals surface area contributed by atoms with Crippen molar-refractivity contribution in [2.24, 2.45) is 5.73 Å². The van der Waals surface area contributed by atoms with Crippen molar-refractivity contribution in [2.45, 2.75) is 44.8 Å². The number of rotatable bonds is 2. The summed E-state index contributed by atoms with van der Waals surface area (Å²) in [4.78, 5) is 6.00. The minimum absolute atomic E-state index is 0.131. The number of methoxy groups -OCH3 is 1. The second-order valence-electron chi connectivity index (χ2n) is 4.54. The van der Waals surface area contributed by atoms with E-state index >= 15 is 0 Å². The highest BCUT2D eigenvalue weighted by atomic mass is 32.1. The van der Waals surface area contributed by atoms with Gasteiger partial charge in [0.2, 0.25) is 0 Å². The first kappa shape index (κ1) is 11.0. The third kappa shape index (κ3) is 1.94. The van der Waals surface area contributed by atoms with Crippen LogP contribution in [-0.4, -0.2) is 12.1 Å². The topological polar surface area (TPSA) is 48.1 Å². The van der Waals surface area contributed by atoms with Crippen LogP contribution in [0.3, 0.4) is 0 Å². The number of hydrogen-bond donors (Lipinski definition) is 1. The maximum absolute atomic E-state index is 6.05. The highest BCUT2D eigenvalue weighted by molar-refractivity contribution is 7.11. The summed E-state index contributed by atoms with van der Waals surface area (Å²) in [5.41, 5.74) is 6.86. The Hall–Kier alpha value is -0.450. The Morgan fingerprint density at radius 3 is 2.87 bits per heavy atom. The average Bonchev–Trinajstić information content (AvgIpc) is 2.64. The van der Waals surface area contributed by atoms with Gasteiger partial charge in [0.1, 0.15) is 10.6 Å². The molecule has 0 aromatic carbocycles. The van der Waals surface area contributed by atoms with Gasteiger partial charge in [0, 0.05) is 18.0 Å².